The molecule has 0 heterocycles. The van der Waals surface area contributed by atoms with E-state index in [1.807, 2.05) is 12.1 Å². The molecule has 1 aromatic rings. The molecule has 2 N–H and O–H groups in total. The van der Waals surface area contributed by atoms with Gasteiger partial charge in [0.05, 0.1) is 23.3 Å². The summed E-state index contributed by atoms with van der Waals surface area (Å²) in [4.78, 5) is 0. The van der Waals surface area contributed by atoms with E-state index >= 15 is 0 Å². The van der Waals surface area contributed by atoms with Gasteiger partial charge in [-0.15, -0.1) is 0 Å². The van der Waals surface area contributed by atoms with Crippen LogP contribution in [-0.4, -0.2) is 13.2 Å². The first-order valence-corrected chi connectivity index (χ1v) is 7.18. The highest BCUT2D eigenvalue weighted by molar-refractivity contribution is 6.42. The maximum Gasteiger partial charge on any atom is 0.0732 e. The number of rotatable bonds is 5. The maximum absolute atomic E-state index is 6.11. The Labute approximate surface area is 118 Å². The second kappa shape index (κ2) is 6.76. The zero-order valence-corrected chi connectivity index (χ0v) is 11.9. The first-order chi connectivity index (χ1) is 8.72. The third kappa shape index (κ3) is 3.39. The van der Waals surface area contributed by atoms with Crippen LogP contribution in [0.15, 0.2) is 18.2 Å². The molecular formula is C14H19Cl2NO. The summed E-state index contributed by atoms with van der Waals surface area (Å²) >= 11 is 12.1. The predicted molar refractivity (Wildman–Crippen MR) is 76.0 cm³/mol. The third-order valence-electron chi connectivity index (χ3n) is 3.74. The summed E-state index contributed by atoms with van der Waals surface area (Å²) in [7, 11) is 0. The highest BCUT2D eigenvalue weighted by Gasteiger charge is 2.25. The molecule has 1 aromatic carbocycles. The molecule has 2 rings (SSSR count). The van der Waals surface area contributed by atoms with E-state index in [9.17, 15) is 0 Å². The van der Waals surface area contributed by atoms with Crippen molar-refractivity contribution in [3.63, 3.8) is 0 Å². The van der Waals surface area contributed by atoms with E-state index in [1.165, 1.54) is 19.3 Å². The Morgan fingerprint density at radius 1 is 1.22 bits per heavy atom. The highest BCUT2D eigenvalue weighted by Crippen LogP contribution is 2.31. The standard InChI is InChI=1S/C14H19Cl2NO/c15-13-6-2-5-12(14(13)16)9-18-8-11-4-1-3-10(11)7-17/h2,5-6,10-11H,1,3-4,7-9,17H2. The molecule has 1 aliphatic carbocycles. The Bertz CT molecular complexity index is 397. The first-order valence-electron chi connectivity index (χ1n) is 6.43. The average molecular weight is 288 g/mol. The number of benzene rings is 1. The van der Waals surface area contributed by atoms with Crippen molar-refractivity contribution in [2.45, 2.75) is 25.9 Å². The van der Waals surface area contributed by atoms with Crippen molar-refractivity contribution in [2.24, 2.45) is 17.6 Å². The largest absolute Gasteiger partial charge is 0.376 e. The van der Waals surface area contributed by atoms with Gasteiger partial charge in [-0.3, -0.25) is 0 Å². The monoisotopic (exact) mass is 287 g/mol. The van der Waals surface area contributed by atoms with Crippen LogP contribution in [0.5, 0.6) is 0 Å². The van der Waals surface area contributed by atoms with Gasteiger partial charge in [0.15, 0.2) is 0 Å². The van der Waals surface area contributed by atoms with Gasteiger partial charge >= 0.3 is 0 Å². The summed E-state index contributed by atoms with van der Waals surface area (Å²) in [5.74, 6) is 1.23. The van der Waals surface area contributed by atoms with Crippen LogP contribution < -0.4 is 5.73 Å². The van der Waals surface area contributed by atoms with Crippen LogP contribution in [0.4, 0.5) is 0 Å². The molecule has 18 heavy (non-hydrogen) atoms. The molecule has 0 aromatic heterocycles. The number of hydrogen-bond acceptors (Lipinski definition) is 2. The van der Waals surface area contributed by atoms with Crippen molar-refractivity contribution in [1.29, 1.82) is 0 Å². The Kier molecular flexibility index (Phi) is 5.31. The summed E-state index contributed by atoms with van der Waals surface area (Å²) in [6.07, 6.45) is 3.74. The van der Waals surface area contributed by atoms with Crippen LogP contribution in [-0.2, 0) is 11.3 Å². The molecule has 2 unspecified atom stereocenters. The predicted octanol–water partition coefficient (Wildman–Crippen LogP) is 3.89. The van der Waals surface area contributed by atoms with Gasteiger partial charge in [0.2, 0.25) is 0 Å². The minimum atomic E-state index is 0.521. The quantitative estimate of drug-likeness (QED) is 0.892. The third-order valence-corrected chi connectivity index (χ3v) is 4.60. The topological polar surface area (TPSA) is 35.2 Å². The van der Waals surface area contributed by atoms with Crippen LogP contribution in [0.3, 0.4) is 0 Å². The zero-order chi connectivity index (χ0) is 13.0. The molecule has 0 spiro atoms. The first kappa shape index (κ1) is 14.1. The lowest BCUT2D eigenvalue weighted by Crippen LogP contribution is -2.22. The molecule has 1 aliphatic rings. The maximum atomic E-state index is 6.11. The minimum absolute atomic E-state index is 0.521. The van der Waals surface area contributed by atoms with Crippen molar-refractivity contribution >= 4 is 23.2 Å². The van der Waals surface area contributed by atoms with E-state index in [0.29, 0.717) is 28.5 Å². The molecule has 0 aliphatic heterocycles. The van der Waals surface area contributed by atoms with E-state index in [4.69, 9.17) is 33.7 Å². The molecule has 4 heteroatoms. The van der Waals surface area contributed by atoms with Crippen molar-refractivity contribution in [3.8, 4) is 0 Å². The Morgan fingerprint density at radius 3 is 2.78 bits per heavy atom. The van der Waals surface area contributed by atoms with Crippen molar-refractivity contribution in [3.05, 3.63) is 33.8 Å². The van der Waals surface area contributed by atoms with Gasteiger partial charge in [0, 0.05) is 0 Å². The van der Waals surface area contributed by atoms with Gasteiger partial charge in [0.1, 0.15) is 0 Å². The molecule has 2 nitrogen and oxygen atoms in total. The minimum Gasteiger partial charge on any atom is -0.376 e. The smallest absolute Gasteiger partial charge is 0.0732 e. The van der Waals surface area contributed by atoms with Crippen molar-refractivity contribution < 1.29 is 4.74 Å². The number of hydrogen-bond donors (Lipinski definition) is 1. The lowest BCUT2D eigenvalue weighted by atomic mass is 9.97. The van der Waals surface area contributed by atoms with E-state index < -0.39 is 0 Å². The SMILES string of the molecule is NCC1CCCC1COCc1cccc(Cl)c1Cl. The van der Waals surface area contributed by atoms with E-state index in [0.717, 1.165) is 18.7 Å². The fourth-order valence-electron chi connectivity index (χ4n) is 2.62. The molecule has 100 valence electrons. The molecular weight excluding hydrogens is 269 g/mol. The van der Waals surface area contributed by atoms with Gasteiger partial charge in [0.25, 0.3) is 0 Å². The van der Waals surface area contributed by atoms with Gasteiger partial charge < -0.3 is 10.5 Å². The Morgan fingerprint density at radius 2 is 2.00 bits per heavy atom. The van der Waals surface area contributed by atoms with E-state index in [2.05, 4.69) is 0 Å². The Hall–Kier alpha value is -0.280. The molecule has 0 radical (unpaired) electrons. The van der Waals surface area contributed by atoms with Gasteiger partial charge in [-0.25, -0.2) is 0 Å². The summed E-state index contributed by atoms with van der Waals surface area (Å²) in [6.45, 7) is 2.06. The van der Waals surface area contributed by atoms with Gasteiger partial charge in [-0.1, -0.05) is 41.8 Å². The average Bonchev–Trinajstić information content (AvgIpc) is 2.82. The molecule has 0 bridgehead atoms. The second-order valence-corrected chi connectivity index (χ2v) is 5.70. The summed E-state index contributed by atoms with van der Waals surface area (Å²) in [5, 5.41) is 1.18. The second-order valence-electron chi connectivity index (χ2n) is 4.91. The molecule has 2 atom stereocenters. The highest BCUT2D eigenvalue weighted by atomic mass is 35.5. The van der Waals surface area contributed by atoms with Crippen molar-refractivity contribution in [2.75, 3.05) is 13.2 Å². The van der Waals surface area contributed by atoms with Crippen LogP contribution >= 0.6 is 23.2 Å². The number of halogens is 2. The van der Waals surface area contributed by atoms with Crippen LogP contribution in [0.25, 0.3) is 0 Å². The van der Waals surface area contributed by atoms with Gasteiger partial charge in [-0.2, -0.15) is 0 Å². The van der Waals surface area contributed by atoms with Crippen LogP contribution in [0, 0.1) is 11.8 Å². The van der Waals surface area contributed by atoms with E-state index in [1.54, 1.807) is 6.07 Å². The van der Waals surface area contributed by atoms with Crippen LogP contribution in [0.1, 0.15) is 24.8 Å². The summed E-state index contributed by atoms with van der Waals surface area (Å²) in [6, 6.07) is 5.63. The lowest BCUT2D eigenvalue weighted by Gasteiger charge is -2.18. The number of ether oxygens (including phenoxy) is 1. The molecule has 1 saturated carbocycles. The zero-order valence-electron chi connectivity index (χ0n) is 10.4. The summed E-state index contributed by atoms with van der Waals surface area (Å²) in [5.41, 5.74) is 6.71. The van der Waals surface area contributed by atoms with Crippen LogP contribution in [0.2, 0.25) is 10.0 Å². The van der Waals surface area contributed by atoms with Crippen molar-refractivity contribution in [1.82, 2.24) is 0 Å². The summed E-state index contributed by atoms with van der Waals surface area (Å²) < 4.78 is 5.77. The fourth-order valence-corrected chi connectivity index (χ4v) is 3.00. The fraction of sp³-hybridized carbons (Fsp3) is 0.571. The Balaban J connectivity index is 1.83. The molecule has 0 saturated heterocycles. The molecule has 0 amide bonds. The van der Waals surface area contributed by atoms with E-state index in [-0.39, 0.29) is 0 Å². The number of nitrogens with two attached hydrogens (primary N) is 1. The van der Waals surface area contributed by atoms with Gasteiger partial charge in [-0.05, 0) is 42.9 Å². The lowest BCUT2D eigenvalue weighted by molar-refractivity contribution is 0.0754. The normalized spacial score (nSPS) is 23.5. The molecule has 1 fully saturated rings.